The van der Waals surface area contributed by atoms with Crippen LogP contribution in [0.2, 0.25) is 0 Å². The fourth-order valence-electron chi connectivity index (χ4n) is 2.58. The van der Waals surface area contributed by atoms with Crippen LogP contribution in [0.5, 0.6) is 0 Å². The predicted octanol–water partition coefficient (Wildman–Crippen LogP) is 1.40. The van der Waals surface area contributed by atoms with Gasteiger partial charge < -0.3 is 15.5 Å². The van der Waals surface area contributed by atoms with Crippen LogP contribution < -0.4 is 5.32 Å². The number of carbonyl (C=O) groups excluding carboxylic acids is 1. The third-order valence-electron chi connectivity index (χ3n) is 4.04. The minimum atomic E-state index is -1.03. The van der Waals surface area contributed by atoms with Gasteiger partial charge in [0.2, 0.25) is 5.91 Å². The highest BCUT2D eigenvalue weighted by molar-refractivity contribution is 5.84. The summed E-state index contributed by atoms with van der Waals surface area (Å²) in [6.07, 6.45) is 4.30. The van der Waals surface area contributed by atoms with E-state index in [4.69, 9.17) is 5.11 Å². The third kappa shape index (κ3) is 4.82. The number of hydrogen-bond donors (Lipinski definition) is 3. The van der Waals surface area contributed by atoms with Crippen LogP contribution in [-0.2, 0) is 9.59 Å². The number of carboxylic acid groups (broad SMARTS) is 1. The lowest BCUT2D eigenvalue weighted by atomic mass is 9.79. The van der Waals surface area contributed by atoms with Crippen molar-refractivity contribution in [3.05, 3.63) is 0 Å². The molecule has 3 N–H and O–H groups in total. The van der Waals surface area contributed by atoms with E-state index in [0.717, 1.165) is 25.7 Å². The number of aliphatic hydroxyl groups is 1. The summed E-state index contributed by atoms with van der Waals surface area (Å²) >= 11 is 0. The van der Waals surface area contributed by atoms with Gasteiger partial charge in [0.25, 0.3) is 0 Å². The molecular weight excluding hydrogens is 246 g/mol. The average Bonchev–Trinajstić information content (AvgIpc) is 2.36. The molecule has 0 bridgehead atoms. The van der Waals surface area contributed by atoms with Gasteiger partial charge in [0.1, 0.15) is 0 Å². The number of aliphatic carboxylic acids is 1. The largest absolute Gasteiger partial charge is 0.481 e. The highest BCUT2D eigenvalue weighted by atomic mass is 16.4. The van der Waals surface area contributed by atoms with Crippen LogP contribution in [0.4, 0.5) is 0 Å². The van der Waals surface area contributed by atoms with E-state index in [9.17, 15) is 14.7 Å². The number of amides is 1. The summed E-state index contributed by atoms with van der Waals surface area (Å²) < 4.78 is 0. The smallest absolute Gasteiger partial charge is 0.309 e. The van der Waals surface area contributed by atoms with Crippen molar-refractivity contribution in [2.24, 2.45) is 17.3 Å². The molecule has 0 saturated heterocycles. The van der Waals surface area contributed by atoms with Crippen LogP contribution in [0.3, 0.4) is 0 Å². The Morgan fingerprint density at radius 2 is 1.79 bits per heavy atom. The maximum absolute atomic E-state index is 11.8. The van der Waals surface area contributed by atoms with Crippen molar-refractivity contribution in [1.82, 2.24) is 5.32 Å². The van der Waals surface area contributed by atoms with Gasteiger partial charge in [-0.05, 0) is 38.5 Å². The molecular formula is C14H25NO4. The molecule has 1 aliphatic rings. The Labute approximate surface area is 114 Å². The van der Waals surface area contributed by atoms with Crippen molar-refractivity contribution in [2.45, 2.75) is 46.0 Å². The van der Waals surface area contributed by atoms with Gasteiger partial charge in [0, 0.05) is 19.6 Å². The fraction of sp³-hybridized carbons (Fsp3) is 0.857. The molecule has 110 valence electrons. The number of carboxylic acids is 1. The first kappa shape index (κ1) is 16.0. The maximum atomic E-state index is 11.8. The van der Waals surface area contributed by atoms with E-state index in [1.165, 1.54) is 0 Å². The topological polar surface area (TPSA) is 86.6 Å². The number of aliphatic hydroxyl groups excluding tert-OH is 1. The molecule has 1 amide bonds. The van der Waals surface area contributed by atoms with Gasteiger partial charge in [-0.15, -0.1) is 0 Å². The first-order chi connectivity index (χ1) is 8.86. The number of rotatable bonds is 6. The molecule has 5 heteroatoms. The quantitative estimate of drug-likeness (QED) is 0.681. The van der Waals surface area contributed by atoms with Gasteiger partial charge in [-0.2, -0.15) is 0 Å². The Hall–Kier alpha value is -1.10. The minimum Gasteiger partial charge on any atom is -0.481 e. The Bertz CT molecular complexity index is 327. The molecule has 1 aliphatic carbocycles. The van der Waals surface area contributed by atoms with E-state index in [0.29, 0.717) is 12.5 Å². The highest BCUT2D eigenvalue weighted by Crippen LogP contribution is 2.29. The normalized spacial score (nSPS) is 23.9. The van der Waals surface area contributed by atoms with Crippen molar-refractivity contribution in [3.8, 4) is 0 Å². The molecule has 0 aromatic rings. The van der Waals surface area contributed by atoms with Crippen LogP contribution in [0.15, 0.2) is 0 Å². The maximum Gasteiger partial charge on any atom is 0.309 e. The molecule has 1 rings (SSSR count). The zero-order chi connectivity index (χ0) is 14.5. The van der Waals surface area contributed by atoms with E-state index >= 15 is 0 Å². The second-order valence-corrected chi connectivity index (χ2v) is 6.16. The lowest BCUT2D eigenvalue weighted by molar-refractivity contribution is -0.149. The molecule has 0 heterocycles. The zero-order valence-corrected chi connectivity index (χ0v) is 11.8. The molecule has 1 fully saturated rings. The van der Waals surface area contributed by atoms with E-state index in [-0.39, 0.29) is 24.9 Å². The number of carbonyl (C=O) groups is 2. The molecule has 0 aromatic carbocycles. The Kier molecular flexibility index (Phi) is 5.79. The minimum absolute atomic E-state index is 0.0150. The average molecular weight is 271 g/mol. The molecule has 19 heavy (non-hydrogen) atoms. The van der Waals surface area contributed by atoms with Gasteiger partial charge in [0.15, 0.2) is 0 Å². The number of nitrogens with one attached hydrogen (secondary N) is 1. The van der Waals surface area contributed by atoms with E-state index in [1.807, 2.05) is 0 Å². The summed E-state index contributed by atoms with van der Waals surface area (Å²) in [5.41, 5.74) is -1.03. The fourth-order valence-corrected chi connectivity index (χ4v) is 2.58. The summed E-state index contributed by atoms with van der Waals surface area (Å²) in [4.78, 5) is 22.7. The van der Waals surface area contributed by atoms with Crippen LogP contribution in [-0.4, -0.2) is 35.2 Å². The van der Waals surface area contributed by atoms with Crippen molar-refractivity contribution < 1.29 is 19.8 Å². The van der Waals surface area contributed by atoms with Crippen molar-refractivity contribution >= 4 is 11.9 Å². The van der Waals surface area contributed by atoms with Gasteiger partial charge in [-0.25, -0.2) is 0 Å². The monoisotopic (exact) mass is 271 g/mol. The summed E-state index contributed by atoms with van der Waals surface area (Å²) in [6, 6.07) is 0. The van der Waals surface area contributed by atoms with Crippen LogP contribution in [0.1, 0.15) is 46.0 Å². The number of hydrogen-bond acceptors (Lipinski definition) is 3. The molecule has 1 saturated carbocycles. The van der Waals surface area contributed by atoms with Crippen LogP contribution in [0.25, 0.3) is 0 Å². The van der Waals surface area contributed by atoms with E-state index < -0.39 is 11.4 Å². The first-order valence-electron chi connectivity index (χ1n) is 6.98. The molecule has 0 aliphatic heterocycles. The van der Waals surface area contributed by atoms with Gasteiger partial charge in [-0.3, -0.25) is 9.59 Å². The summed E-state index contributed by atoms with van der Waals surface area (Å²) in [5.74, 6) is -0.611. The van der Waals surface area contributed by atoms with Crippen molar-refractivity contribution in [2.75, 3.05) is 13.2 Å². The molecule has 2 atom stereocenters. The summed E-state index contributed by atoms with van der Waals surface area (Å²) in [5, 5.41) is 21.1. The van der Waals surface area contributed by atoms with Crippen LogP contribution >= 0.6 is 0 Å². The second-order valence-electron chi connectivity index (χ2n) is 6.16. The zero-order valence-electron chi connectivity index (χ0n) is 11.8. The van der Waals surface area contributed by atoms with Gasteiger partial charge in [0.05, 0.1) is 5.41 Å². The van der Waals surface area contributed by atoms with Crippen LogP contribution in [0, 0.1) is 17.3 Å². The third-order valence-corrected chi connectivity index (χ3v) is 4.04. The lowest BCUT2D eigenvalue weighted by Crippen LogP contribution is -2.38. The lowest BCUT2D eigenvalue weighted by Gasteiger charge is -2.30. The molecule has 0 aromatic heterocycles. The summed E-state index contributed by atoms with van der Waals surface area (Å²) in [6.45, 7) is 3.80. The summed E-state index contributed by atoms with van der Waals surface area (Å²) in [7, 11) is 0. The van der Waals surface area contributed by atoms with E-state index in [2.05, 4.69) is 5.32 Å². The van der Waals surface area contributed by atoms with Crippen molar-refractivity contribution in [3.63, 3.8) is 0 Å². The van der Waals surface area contributed by atoms with Crippen molar-refractivity contribution in [1.29, 1.82) is 0 Å². The van der Waals surface area contributed by atoms with Gasteiger partial charge >= 0.3 is 5.97 Å². The first-order valence-corrected chi connectivity index (χ1v) is 6.98. The molecule has 0 radical (unpaired) electrons. The molecule has 5 nitrogen and oxygen atoms in total. The SMILES string of the molecule is CC(C)(CC(=O)NCC1CCCCC1CO)C(=O)O. The Morgan fingerprint density at radius 1 is 1.21 bits per heavy atom. The Morgan fingerprint density at radius 3 is 2.32 bits per heavy atom. The highest BCUT2D eigenvalue weighted by Gasteiger charge is 2.31. The second kappa shape index (κ2) is 6.89. The van der Waals surface area contributed by atoms with Gasteiger partial charge in [-0.1, -0.05) is 12.8 Å². The Balaban J connectivity index is 2.39. The molecule has 0 spiro atoms. The standard InChI is InChI=1S/C14H25NO4/c1-14(2,13(18)19)7-12(17)15-8-10-5-3-4-6-11(10)9-16/h10-11,16H,3-9H2,1-2H3,(H,15,17)(H,18,19). The molecule has 2 unspecified atom stereocenters. The predicted molar refractivity (Wildman–Crippen MR) is 71.6 cm³/mol. The van der Waals surface area contributed by atoms with E-state index in [1.54, 1.807) is 13.8 Å².